The molecule has 0 N–H and O–H groups in total. The molecule has 1 aliphatic carbocycles. The Morgan fingerprint density at radius 2 is 1.84 bits per heavy atom. The number of allylic oxidation sites excluding steroid dienone is 1. The first-order valence-corrected chi connectivity index (χ1v) is 10.2. The minimum absolute atomic E-state index is 0.758. The Balaban J connectivity index is 1.76. The molecule has 1 aliphatic heterocycles. The molecule has 1 saturated heterocycles. The highest BCUT2D eigenvalue weighted by molar-refractivity contribution is 6.60. The molecule has 0 aromatic heterocycles. The molecule has 0 amide bonds. The molecule has 3 rings (SSSR count). The van der Waals surface area contributed by atoms with Crippen molar-refractivity contribution >= 4 is 18.5 Å². The average Bonchev–Trinajstić information content (AvgIpc) is 2.90. The van der Waals surface area contributed by atoms with E-state index in [1.54, 1.807) is 5.57 Å². The van der Waals surface area contributed by atoms with Crippen molar-refractivity contribution in [3.63, 3.8) is 0 Å². The highest BCUT2D eigenvalue weighted by atomic mass is 16.5. The summed E-state index contributed by atoms with van der Waals surface area (Å²) in [6, 6.07) is 9.16. The lowest BCUT2D eigenvalue weighted by Gasteiger charge is -2.28. The maximum atomic E-state index is 5.46. The summed E-state index contributed by atoms with van der Waals surface area (Å²) < 4.78 is 5.46. The van der Waals surface area contributed by atoms with E-state index in [4.69, 9.17) is 4.74 Å². The van der Waals surface area contributed by atoms with Gasteiger partial charge in [-0.25, -0.2) is 0 Å². The second kappa shape index (κ2) is 8.44. The number of nitrogens with zero attached hydrogens (tertiary/aromatic N) is 1. The third-order valence-corrected chi connectivity index (χ3v) is 6.43. The van der Waals surface area contributed by atoms with Gasteiger partial charge in [-0.3, -0.25) is 0 Å². The molecule has 1 aromatic carbocycles. The second-order valence-corrected chi connectivity index (χ2v) is 8.24. The molecular formula is C22H34BNO. The quantitative estimate of drug-likeness (QED) is 0.658. The first kappa shape index (κ1) is 18.6. The van der Waals surface area contributed by atoms with Crippen molar-refractivity contribution < 1.29 is 4.74 Å². The van der Waals surface area contributed by atoms with Gasteiger partial charge in [0.25, 0.3) is 0 Å². The summed E-state index contributed by atoms with van der Waals surface area (Å²) in [5.74, 6) is 2.37. The number of anilines is 1. The van der Waals surface area contributed by atoms with Gasteiger partial charge in [0.2, 0.25) is 0 Å². The lowest BCUT2D eigenvalue weighted by atomic mass is 9.37. The van der Waals surface area contributed by atoms with Crippen LogP contribution >= 0.6 is 0 Å². The summed E-state index contributed by atoms with van der Waals surface area (Å²) in [5, 5.41) is 0. The van der Waals surface area contributed by atoms with Gasteiger partial charge in [0, 0.05) is 18.8 Å². The largest absolute Gasteiger partial charge is 0.378 e. The van der Waals surface area contributed by atoms with Crippen LogP contribution in [-0.2, 0) is 4.74 Å². The van der Waals surface area contributed by atoms with Gasteiger partial charge in [-0.1, -0.05) is 64.1 Å². The molecule has 1 saturated carbocycles. The van der Waals surface area contributed by atoms with E-state index < -0.39 is 0 Å². The highest BCUT2D eigenvalue weighted by Crippen LogP contribution is 2.48. The molecular weight excluding hydrogens is 305 g/mol. The molecule has 2 aliphatic rings. The van der Waals surface area contributed by atoms with Crippen molar-refractivity contribution in [1.82, 2.24) is 0 Å². The maximum absolute atomic E-state index is 5.46. The summed E-state index contributed by atoms with van der Waals surface area (Å²) in [4.78, 5) is 2.42. The monoisotopic (exact) mass is 339 g/mol. The SMILES string of the molecule is CCCB(C)C1/C(=C/c2ccc(N3CCOCC3)cc2)C[C@H](C)C1C. The van der Waals surface area contributed by atoms with Gasteiger partial charge in [-0.15, -0.1) is 0 Å². The number of ether oxygens (including phenoxy) is 1. The van der Waals surface area contributed by atoms with E-state index in [1.807, 2.05) is 0 Å². The standard InChI is InChI=1S/C22H34BNO/c1-5-10-23(4)22-18(3)17(2)15-20(22)16-19-6-8-21(9-7-19)24-11-13-25-14-12-24/h6-9,16-18,22H,5,10-15H2,1-4H3/b20-16+/t17-,18?,22?/m0/s1. The third kappa shape index (κ3) is 4.31. The van der Waals surface area contributed by atoms with Crippen LogP contribution in [-0.4, -0.2) is 33.0 Å². The molecule has 2 unspecified atom stereocenters. The van der Waals surface area contributed by atoms with E-state index >= 15 is 0 Å². The van der Waals surface area contributed by atoms with Crippen molar-refractivity contribution in [2.45, 2.75) is 52.6 Å². The zero-order valence-electron chi connectivity index (χ0n) is 16.5. The summed E-state index contributed by atoms with van der Waals surface area (Å²) >= 11 is 0. The lowest BCUT2D eigenvalue weighted by Crippen LogP contribution is -2.36. The Hall–Kier alpha value is -1.22. The highest BCUT2D eigenvalue weighted by Gasteiger charge is 2.37. The molecule has 1 aromatic rings. The molecule has 1 heterocycles. The van der Waals surface area contributed by atoms with E-state index in [-0.39, 0.29) is 0 Å². The van der Waals surface area contributed by atoms with Gasteiger partial charge >= 0.3 is 0 Å². The molecule has 3 atom stereocenters. The molecule has 3 heteroatoms. The van der Waals surface area contributed by atoms with E-state index in [9.17, 15) is 0 Å². The molecule has 2 fully saturated rings. The van der Waals surface area contributed by atoms with Crippen LogP contribution in [0.5, 0.6) is 0 Å². The Labute approximate surface area is 154 Å². The molecule has 0 bridgehead atoms. The van der Waals surface area contributed by atoms with Gasteiger partial charge in [-0.2, -0.15) is 0 Å². The van der Waals surface area contributed by atoms with Gasteiger partial charge < -0.3 is 9.64 Å². The topological polar surface area (TPSA) is 12.5 Å². The van der Waals surface area contributed by atoms with Crippen LogP contribution in [0, 0.1) is 11.8 Å². The lowest BCUT2D eigenvalue weighted by molar-refractivity contribution is 0.122. The van der Waals surface area contributed by atoms with E-state index in [1.165, 1.54) is 30.4 Å². The van der Waals surface area contributed by atoms with Crippen LogP contribution in [0.25, 0.3) is 6.08 Å². The molecule has 0 radical (unpaired) electrons. The first-order valence-electron chi connectivity index (χ1n) is 10.2. The molecule has 136 valence electrons. The number of rotatable bonds is 5. The number of benzene rings is 1. The fourth-order valence-corrected chi connectivity index (χ4v) is 4.88. The summed E-state index contributed by atoms with van der Waals surface area (Å²) in [7, 11) is 0. The summed E-state index contributed by atoms with van der Waals surface area (Å²) in [6.45, 7) is 14.2. The molecule has 0 spiro atoms. The predicted molar refractivity (Wildman–Crippen MR) is 111 cm³/mol. The Kier molecular flexibility index (Phi) is 6.27. The minimum Gasteiger partial charge on any atom is -0.378 e. The van der Waals surface area contributed by atoms with Crippen LogP contribution in [0.15, 0.2) is 29.8 Å². The van der Waals surface area contributed by atoms with Crippen molar-refractivity contribution in [3.05, 3.63) is 35.4 Å². The van der Waals surface area contributed by atoms with Crippen molar-refractivity contribution in [3.8, 4) is 0 Å². The Morgan fingerprint density at radius 3 is 2.48 bits per heavy atom. The van der Waals surface area contributed by atoms with Gasteiger partial charge in [-0.05, 0) is 41.8 Å². The van der Waals surface area contributed by atoms with Crippen LogP contribution < -0.4 is 4.90 Å². The fourth-order valence-electron chi connectivity index (χ4n) is 4.88. The normalized spacial score (nSPS) is 28.6. The van der Waals surface area contributed by atoms with Crippen molar-refractivity contribution in [2.24, 2.45) is 11.8 Å². The van der Waals surface area contributed by atoms with E-state index in [2.05, 4.69) is 62.8 Å². The molecule has 25 heavy (non-hydrogen) atoms. The van der Waals surface area contributed by atoms with Crippen LogP contribution in [0.2, 0.25) is 19.0 Å². The van der Waals surface area contributed by atoms with E-state index in [0.29, 0.717) is 0 Å². The van der Waals surface area contributed by atoms with Gasteiger partial charge in [0.15, 0.2) is 0 Å². The minimum atomic E-state index is 0.758. The fraction of sp³-hybridized carbons (Fsp3) is 0.636. The zero-order chi connectivity index (χ0) is 17.8. The van der Waals surface area contributed by atoms with Crippen LogP contribution in [0.1, 0.15) is 39.2 Å². The average molecular weight is 339 g/mol. The van der Waals surface area contributed by atoms with Gasteiger partial charge in [0.1, 0.15) is 6.71 Å². The van der Waals surface area contributed by atoms with Gasteiger partial charge in [0.05, 0.1) is 13.2 Å². The van der Waals surface area contributed by atoms with E-state index in [0.717, 1.165) is 50.7 Å². The second-order valence-electron chi connectivity index (χ2n) is 8.24. The predicted octanol–water partition coefficient (Wildman–Crippen LogP) is 5.49. The number of hydrogen-bond acceptors (Lipinski definition) is 2. The smallest absolute Gasteiger partial charge is 0.145 e. The number of hydrogen-bond donors (Lipinski definition) is 0. The molecule has 2 nitrogen and oxygen atoms in total. The maximum Gasteiger partial charge on any atom is 0.145 e. The van der Waals surface area contributed by atoms with Crippen molar-refractivity contribution in [2.75, 3.05) is 31.2 Å². The summed E-state index contributed by atoms with van der Waals surface area (Å²) in [6.07, 6.45) is 6.39. The van der Waals surface area contributed by atoms with Crippen LogP contribution in [0.4, 0.5) is 5.69 Å². The Morgan fingerprint density at radius 1 is 1.16 bits per heavy atom. The van der Waals surface area contributed by atoms with Crippen molar-refractivity contribution in [1.29, 1.82) is 0 Å². The third-order valence-electron chi connectivity index (χ3n) is 6.43. The Bertz CT molecular complexity index is 576. The number of morpholine rings is 1. The zero-order valence-corrected chi connectivity index (χ0v) is 16.5. The van der Waals surface area contributed by atoms with Crippen LogP contribution in [0.3, 0.4) is 0 Å². The summed E-state index contributed by atoms with van der Waals surface area (Å²) in [5.41, 5.74) is 4.37. The first-order chi connectivity index (χ1) is 12.1.